The van der Waals surface area contributed by atoms with Crippen molar-refractivity contribution in [3.63, 3.8) is 0 Å². The first-order valence-corrected chi connectivity index (χ1v) is 5.34. The summed E-state index contributed by atoms with van der Waals surface area (Å²) in [6.45, 7) is 7.02. The first-order chi connectivity index (χ1) is 7.43. The standard InChI is InChI=1S/C13H19NO2/c1-13(2,3)11-7-5-10(6-8-11)9-14-12(15)16-4/h5-8H,9H2,1-4H3,(H,14,15). The van der Waals surface area contributed by atoms with Gasteiger partial charge in [-0.1, -0.05) is 45.0 Å². The number of hydrogen-bond donors (Lipinski definition) is 1. The Bertz CT molecular complexity index is 349. The molecule has 88 valence electrons. The van der Waals surface area contributed by atoms with Crippen molar-refractivity contribution in [2.75, 3.05) is 7.11 Å². The molecule has 3 heteroatoms. The molecule has 0 fully saturated rings. The van der Waals surface area contributed by atoms with Crippen LogP contribution in [-0.2, 0) is 16.7 Å². The molecule has 0 heterocycles. The molecule has 0 saturated heterocycles. The Hall–Kier alpha value is -1.51. The Morgan fingerprint density at radius 3 is 2.25 bits per heavy atom. The maximum atomic E-state index is 10.9. The van der Waals surface area contributed by atoms with E-state index in [1.165, 1.54) is 12.7 Å². The lowest BCUT2D eigenvalue weighted by atomic mass is 9.87. The Labute approximate surface area is 96.8 Å². The second-order valence-electron chi connectivity index (χ2n) is 4.79. The van der Waals surface area contributed by atoms with Crippen molar-refractivity contribution in [1.29, 1.82) is 0 Å². The summed E-state index contributed by atoms with van der Waals surface area (Å²) in [4.78, 5) is 10.9. The average molecular weight is 221 g/mol. The molecule has 1 rings (SSSR count). The van der Waals surface area contributed by atoms with Crippen molar-refractivity contribution in [1.82, 2.24) is 5.32 Å². The van der Waals surface area contributed by atoms with Crippen LogP contribution in [0.2, 0.25) is 0 Å². The van der Waals surface area contributed by atoms with Crippen LogP contribution in [0.4, 0.5) is 4.79 Å². The van der Waals surface area contributed by atoms with Crippen LogP contribution in [0.15, 0.2) is 24.3 Å². The van der Waals surface area contributed by atoms with Gasteiger partial charge in [0.25, 0.3) is 0 Å². The zero-order valence-corrected chi connectivity index (χ0v) is 10.3. The largest absolute Gasteiger partial charge is 0.453 e. The van der Waals surface area contributed by atoms with Gasteiger partial charge in [0.15, 0.2) is 0 Å². The highest BCUT2D eigenvalue weighted by Crippen LogP contribution is 2.22. The second-order valence-corrected chi connectivity index (χ2v) is 4.79. The van der Waals surface area contributed by atoms with Crippen molar-refractivity contribution < 1.29 is 9.53 Å². The van der Waals surface area contributed by atoms with E-state index in [9.17, 15) is 4.79 Å². The highest BCUT2D eigenvalue weighted by Gasteiger charge is 2.12. The number of carbonyl (C=O) groups is 1. The molecule has 1 aromatic carbocycles. The number of ether oxygens (including phenoxy) is 1. The van der Waals surface area contributed by atoms with Crippen LogP contribution >= 0.6 is 0 Å². The smallest absolute Gasteiger partial charge is 0.407 e. The van der Waals surface area contributed by atoms with E-state index in [0.717, 1.165) is 5.56 Å². The molecule has 3 nitrogen and oxygen atoms in total. The SMILES string of the molecule is COC(=O)NCc1ccc(C(C)(C)C)cc1. The van der Waals surface area contributed by atoms with Crippen LogP contribution in [0.3, 0.4) is 0 Å². The molecule has 0 atom stereocenters. The highest BCUT2D eigenvalue weighted by molar-refractivity contribution is 5.66. The fourth-order valence-electron chi connectivity index (χ4n) is 1.37. The van der Waals surface area contributed by atoms with E-state index >= 15 is 0 Å². The Kier molecular flexibility index (Phi) is 3.93. The summed E-state index contributed by atoms with van der Waals surface area (Å²) in [7, 11) is 1.36. The molecule has 0 saturated carbocycles. The van der Waals surface area contributed by atoms with E-state index in [4.69, 9.17) is 0 Å². The first kappa shape index (κ1) is 12.6. The molecule has 16 heavy (non-hydrogen) atoms. The quantitative estimate of drug-likeness (QED) is 0.834. The molecular formula is C13H19NO2. The van der Waals surface area contributed by atoms with E-state index in [1.54, 1.807) is 0 Å². The minimum Gasteiger partial charge on any atom is -0.453 e. The number of amides is 1. The van der Waals surface area contributed by atoms with Crippen molar-refractivity contribution in [3.8, 4) is 0 Å². The maximum absolute atomic E-state index is 10.9. The number of hydrogen-bond acceptors (Lipinski definition) is 2. The van der Waals surface area contributed by atoms with Gasteiger partial charge in [-0.15, -0.1) is 0 Å². The Morgan fingerprint density at radius 2 is 1.81 bits per heavy atom. The van der Waals surface area contributed by atoms with Gasteiger partial charge in [0.1, 0.15) is 0 Å². The normalized spacial score (nSPS) is 11.0. The molecular weight excluding hydrogens is 202 g/mol. The zero-order chi connectivity index (χ0) is 12.2. The number of alkyl carbamates (subject to hydrolysis) is 1. The van der Waals surface area contributed by atoms with Gasteiger partial charge in [0, 0.05) is 6.54 Å². The number of rotatable bonds is 2. The van der Waals surface area contributed by atoms with Crippen molar-refractivity contribution in [3.05, 3.63) is 35.4 Å². The van der Waals surface area contributed by atoms with Gasteiger partial charge in [-0.3, -0.25) is 0 Å². The maximum Gasteiger partial charge on any atom is 0.407 e. The summed E-state index contributed by atoms with van der Waals surface area (Å²) >= 11 is 0. The summed E-state index contributed by atoms with van der Waals surface area (Å²) in [5, 5.41) is 2.65. The van der Waals surface area contributed by atoms with Crippen LogP contribution in [-0.4, -0.2) is 13.2 Å². The molecule has 0 radical (unpaired) electrons. The predicted octanol–water partition coefficient (Wildman–Crippen LogP) is 2.84. The molecule has 0 aromatic heterocycles. The van der Waals surface area contributed by atoms with Crippen LogP contribution < -0.4 is 5.32 Å². The third kappa shape index (κ3) is 3.57. The number of methoxy groups -OCH3 is 1. The van der Waals surface area contributed by atoms with E-state index < -0.39 is 6.09 Å². The second kappa shape index (κ2) is 5.01. The molecule has 0 bridgehead atoms. The van der Waals surface area contributed by atoms with Crippen LogP contribution in [0.5, 0.6) is 0 Å². The van der Waals surface area contributed by atoms with Crippen LogP contribution in [0.1, 0.15) is 31.9 Å². The Balaban J connectivity index is 2.62. The summed E-state index contributed by atoms with van der Waals surface area (Å²) in [6, 6.07) is 8.23. The van der Waals surface area contributed by atoms with Crippen LogP contribution in [0, 0.1) is 0 Å². The first-order valence-electron chi connectivity index (χ1n) is 5.34. The minimum atomic E-state index is -0.403. The van der Waals surface area contributed by atoms with Crippen molar-refractivity contribution in [2.45, 2.75) is 32.7 Å². The minimum absolute atomic E-state index is 0.161. The highest BCUT2D eigenvalue weighted by atomic mass is 16.5. The van der Waals surface area contributed by atoms with E-state index in [2.05, 4.69) is 43.0 Å². The molecule has 1 amide bonds. The van der Waals surface area contributed by atoms with Crippen LogP contribution in [0.25, 0.3) is 0 Å². The average Bonchev–Trinajstić information content (AvgIpc) is 2.25. The van der Waals surface area contributed by atoms with Gasteiger partial charge in [0.05, 0.1) is 7.11 Å². The van der Waals surface area contributed by atoms with Crippen molar-refractivity contribution >= 4 is 6.09 Å². The summed E-state index contributed by atoms with van der Waals surface area (Å²) in [5.74, 6) is 0. The van der Waals surface area contributed by atoms with Gasteiger partial charge in [-0.2, -0.15) is 0 Å². The zero-order valence-electron chi connectivity index (χ0n) is 10.3. The number of carbonyl (C=O) groups excluding carboxylic acids is 1. The third-order valence-electron chi connectivity index (χ3n) is 2.44. The summed E-state index contributed by atoms with van der Waals surface area (Å²) in [5.41, 5.74) is 2.52. The van der Waals surface area contributed by atoms with Gasteiger partial charge >= 0.3 is 6.09 Å². The topological polar surface area (TPSA) is 38.3 Å². The molecule has 0 unspecified atom stereocenters. The van der Waals surface area contributed by atoms with Gasteiger partial charge < -0.3 is 10.1 Å². The van der Waals surface area contributed by atoms with Crippen molar-refractivity contribution in [2.24, 2.45) is 0 Å². The van der Waals surface area contributed by atoms with Gasteiger partial charge in [-0.05, 0) is 16.5 Å². The lowest BCUT2D eigenvalue weighted by molar-refractivity contribution is 0.170. The van der Waals surface area contributed by atoms with Gasteiger partial charge in [-0.25, -0.2) is 4.79 Å². The third-order valence-corrected chi connectivity index (χ3v) is 2.44. The summed E-state index contributed by atoms with van der Waals surface area (Å²) < 4.78 is 4.50. The molecule has 0 spiro atoms. The molecule has 1 N–H and O–H groups in total. The molecule has 0 aliphatic carbocycles. The summed E-state index contributed by atoms with van der Waals surface area (Å²) in [6.07, 6.45) is -0.403. The number of benzene rings is 1. The molecule has 0 aliphatic rings. The predicted molar refractivity (Wildman–Crippen MR) is 64.4 cm³/mol. The molecule has 1 aromatic rings. The van der Waals surface area contributed by atoms with Gasteiger partial charge in [0.2, 0.25) is 0 Å². The van der Waals surface area contributed by atoms with E-state index in [0.29, 0.717) is 6.54 Å². The fraction of sp³-hybridized carbons (Fsp3) is 0.462. The molecule has 0 aliphatic heterocycles. The van der Waals surface area contributed by atoms with E-state index in [1.807, 2.05) is 12.1 Å². The lowest BCUT2D eigenvalue weighted by Gasteiger charge is -2.19. The van der Waals surface area contributed by atoms with E-state index in [-0.39, 0.29) is 5.41 Å². The lowest BCUT2D eigenvalue weighted by Crippen LogP contribution is -2.22. The monoisotopic (exact) mass is 221 g/mol. The number of nitrogens with one attached hydrogen (secondary N) is 1. The Morgan fingerprint density at radius 1 is 1.25 bits per heavy atom. The fourth-order valence-corrected chi connectivity index (χ4v) is 1.37.